The van der Waals surface area contributed by atoms with Crippen LogP contribution in [0, 0.1) is 5.41 Å². The maximum absolute atomic E-state index is 12.1. The Kier molecular flexibility index (Phi) is 5.27. The monoisotopic (exact) mass is 404 g/mol. The second-order valence-corrected chi connectivity index (χ2v) is 10.7. The number of benzene rings is 1. The lowest BCUT2D eigenvalue weighted by molar-refractivity contribution is 0.156. The van der Waals surface area contributed by atoms with Crippen LogP contribution in [0.1, 0.15) is 58.3 Å². The van der Waals surface area contributed by atoms with E-state index in [1.807, 2.05) is 13.0 Å². The Hall–Kier alpha value is -1.44. The van der Waals surface area contributed by atoms with Gasteiger partial charge in [0.2, 0.25) is 10.0 Å². The van der Waals surface area contributed by atoms with Crippen molar-refractivity contribution in [3.05, 3.63) is 30.1 Å². The molecule has 2 heterocycles. The van der Waals surface area contributed by atoms with Gasteiger partial charge in [0, 0.05) is 12.1 Å². The van der Waals surface area contributed by atoms with Gasteiger partial charge >= 0.3 is 0 Å². The van der Waals surface area contributed by atoms with E-state index in [0.717, 1.165) is 50.2 Å². The Morgan fingerprint density at radius 2 is 1.96 bits per heavy atom. The summed E-state index contributed by atoms with van der Waals surface area (Å²) < 4.78 is 29.4. The first-order valence-electron chi connectivity index (χ1n) is 10.5. The smallest absolute Gasteiger partial charge is 0.211 e. The van der Waals surface area contributed by atoms with Gasteiger partial charge in [0.1, 0.15) is 5.82 Å². The molecular weight excluding hydrogens is 372 g/mol. The normalized spacial score (nSPS) is 22.4. The van der Waals surface area contributed by atoms with Crippen molar-refractivity contribution in [3.63, 3.8) is 0 Å². The van der Waals surface area contributed by atoms with Crippen LogP contribution in [-0.2, 0) is 16.6 Å². The molecule has 4 rings (SSSR count). The van der Waals surface area contributed by atoms with E-state index in [9.17, 15) is 8.42 Å². The fourth-order valence-corrected chi connectivity index (χ4v) is 6.17. The number of hydrogen-bond acceptors (Lipinski definition) is 4. The van der Waals surface area contributed by atoms with E-state index < -0.39 is 10.0 Å². The molecule has 1 spiro atoms. The number of nitrogens with zero attached hydrogens (tertiary/aromatic N) is 3. The second-order valence-electron chi connectivity index (χ2n) is 8.81. The van der Waals surface area contributed by atoms with Crippen LogP contribution in [0.15, 0.2) is 24.3 Å². The van der Waals surface area contributed by atoms with Crippen molar-refractivity contribution in [2.24, 2.45) is 5.41 Å². The first-order chi connectivity index (χ1) is 13.3. The van der Waals surface area contributed by atoms with Crippen LogP contribution in [0.4, 0.5) is 0 Å². The van der Waals surface area contributed by atoms with Gasteiger partial charge in [-0.2, -0.15) is 0 Å². The zero-order valence-electron chi connectivity index (χ0n) is 17.2. The Bertz CT molecular complexity index is 942. The highest BCUT2D eigenvalue weighted by Crippen LogP contribution is 2.54. The molecular formula is C21H32N4O2S. The van der Waals surface area contributed by atoms with Gasteiger partial charge in [-0.25, -0.2) is 18.1 Å². The fourth-order valence-electron chi connectivity index (χ4n) is 4.75. The molecule has 0 radical (unpaired) electrons. The van der Waals surface area contributed by atoms with Crippen molar-refractivity contribution >= 4 is 21.1 Å². The van der Waals surface area contributed by atoms with Crippen LogP contribution in [0.5, 0.6) is 0 Å². The molecule has 0 bridgehead atoms. The van der Waals surface area contributed by atoms with Crippen LogP contribution in [0.3, 0.4) is 0 Å². The Labute approximate surface area is 168 Å². The number of imidazole rings is 1. The number of rotatable bonds is 7. The summed E-state index contributed by atoms with van der Waals surface area (Å²) in [7, 11) is -3.11. The summed E-state index contributed by atoms with van der Waals surface area (Å²) in [6, 6.07) is 8.87. The van der Waals surface area contributed by atoms with E-state index in [-0.39, 0.29) is 17.2 Å². The fraction of sp³-hybridized carbons (Fsp3) is 0.667. The lowest BCUT2D eigenvalue weighted by atomic mass is 9.93. The zero-order valence-corrected chi connectivity index (χ0v) is 18.0. The van der Waals surface area contributed by atoms with E-state index in [1.165, 1.54) is 5.52 Å². The molecule has 28 heavy (non-hydrogen) atoms. The van der Waals surface area contributed by atoms with Crippen LogP contribution < -0.4 is 4.72 Å². The largest absolute Gasteiger partial charge is 0.324 e. The molecule has 0 amide bonds. The molecule has 6 nitrogen and oxygen atoms in total. The number of hydrogen-bond donors (Lipinski definition) is 1. The molecule has 1 aliphatic heterocycles. The van der Waals surface area contributed by atoms with Crippen molar-refractivity contribution in [1.29, 1.82) is 0 Å². The third kappa shape index (κ3) is 3.84. The van der Waals surface area contributed by atoms with Gasteiger partial charge in [0.25, 0.3) is 0 Å². The number of nitrogens with one attached hydrogen (secondary N) is 1. The van der Waals surface area contributed by atoms with Crippen LogP contribution in [-0.4, -0.2) is 47.8 Å². The highest BCUT2D eigenvalue weighted by atomic mass is 32.2. The summed E-state index contributed by atoms with van der Waals surface area (Å²) in [4.78, 5) is 7.37. The quantitative estimate of drug-likeness (QED) is 0.769. The lowest BCUT2D eigenvalue weighted by Gasteiger charge is -2.33. The molecule has 2 aromatic rings. The molecule has 2 aliphatic rings. The SMILES string of the molecule is CCCS(=O)(=O)NC1CC12CCN(Cc1nc3ccccc3n1C(C)C)CC2. The third-order valence-electron chi connectivity index (χ3n) is 6.39. The zero-order chi connectivity index (χ0) is 19.9. The van der Waals surface area contributed by atoms with Crippen molar-refractivity contribution in [1.82, 2.24) is 19.2 Å². The van der Waals surface area contributed by atoms with Gasteiger partial charge in [-0.1, -0.05) is 19.1 Å². The van der Waals surface area contributed by atoms with Crippen LogP contribution in [0.25, 0.3) is 11.0 Å². The third-order valence-corrected chi connectivity index (χ3v) is 7.98. The van der Waals surface area contributed by atoms with Gasteiger partial charge in [-0.15, -0.1) is 0 Å². The number of sulfonamides is 1. The van der Waals surface area contributed by atoms with Gasteiger partial charge in [-0.3, -0.25) is 4.90 Å². The number of fused-ring (bicyclic) bond motifs is 1. The summed E-state index contributed by atoms with van der Waals surface area (Å²) in [6.45, 7) is 9.20. The molecule has 7 heteroatoms. The number of likely N-dealkylation sites (tertiary alicyclic amines) is 1. The maximum Gasteiger partial charge on any atom is 0.211 e. The molecule has 1 N–H and O–H groups in total. The standard InChI is InChI=1S/C21H32N4O2S/c1-4-13-28(26,27)23-19-14-21(19)9-11-24(12-10-21)15-20-22-17-7-5-6-8-18(17)25(20)16(2)3/h5-8,16,19,23H,4,9-15H2,1-3H3. The Morgan fingerprint density at radius 3 is 2.64 bits per heavy atom. The van der Waals surface area contributed by atoms with Gasteiger partial charge < -0.3 is 4.57 Å². The molecule has 1 aromatic heterocycles. The van der Waals surface area contributed by atoms with Crippen molar-refractivity contribution in [2.75, 3.05) is 18.8 Å². The average Bonchev–Trinajstić information content (AvgIpc) is 3.12. The summed E-state index contributed by atoms with van der Waals surface area (Å²) >= 11 is 0. The van der Waals surface area contributed by atoms with E-state index in [1.54, 1.807) is 0 Å². The van der Waals surface area contributed by atoms with E-state index in [2.05, 4.69) is 46.2 Å². The number of aromatic nitrogens is 2. The highest BCUT2D eigenvalue weighted by molar-refractivity contribution is 7.89. The highest BCUT2D eigenvalue weighted by Gasteiger charge is 2.56. The topological polar surface area (TPSA) is 67.2 Å². The summed E-state index contributed by atoms with van der Waals surface area (Å²) in [5.74, 6) is 1.36. The van der Waals surface area contributed by atoms with Gasteiger partial charge in [0.15, 0.2) is 0 Å². The van der Waals surface area contributed by atoms with Crippen molar-refractivity contribution in [3.8, 4) is 0 Å². The minimum absolute atomic E-state index is 0.145. The molecule has 2 fully saturated rings. The van der Waals surface area contributed by atoms with E-state index >= 15 is 0 Å². The molecule has 1 aromatic carbocycles. The molecule has 1 saturated carbocycles. The Morgan fingerprint density at radius 1 is 1.25 bits per heavy atom. The van der Waals surface area contributed by atoms with Gasteiger partial charge in [0.05, 0.1) is 23.3 Å². The number of para-hydroxylation sites is 2. The molecule has 1 unspecified atom stereocenters. The van der Waals surface area contributed by atoms with E-state index in [4.69, 9.17) is 4.98 Å². The van der Waals surface area contributed by atoms with Crippen molar-refractivity contribution < 1.29 is 8.42 Å². The minimum atomic E-state index is -3.11. The van der Waals surface area contributed by atoms with Crippen LogP contribution in [0.2, 0.25) is 0 Å². The molecule has 1 saturated heterocycles. The molecule has 154 valence electrons. The average molecular weight is 405 g/mol. The summed E-state index contributed by atoms with van der Waals surface area (Å²) in [6.07, 6.45) is 3.79. The predicted octanol–water partition coefficient (Wildman–Crippen LogP) is 3.30. The Balaban J connectivity index is 1.40. The molecule has 1 aliphatic carbocycles. The second kappa shape index (κ2) is 7.43. The lowest BCUT2D eigenvalue weighted by Crippen LogP contribution is -2.39. The van der Waals surface area contributed by atoms with E-state index in [0.29, 0.717) is 12.5 Å². The summed E-state index contributed by atoms with van der Waals surface area (Å²) in [5, 5.41) is 0. The predicted molar refractivity (Wildman–Crippen MR) is 113 cm³/mol. The first-order valence-corrected chi connectivity index (χ1v) is 12.2. The van der Waals surface area contributed by atoms with Crippen LogP contribution >= 0.6 is 0 Å². The summed E-state index contributed by atoms with van der Waals surface area (Å²) in [5.41, 5.74) is 2.45. The number of piperidine rings is 1. The van der Waals surface area contributed by atoms with Crippen molar-refractivity contribution in [2.45, 2.75) is 65.1 Å². The molecule has 1 atom stereocenters. The maximum atomic E-state index is 12.1. The first kappa shape index (κ1) is 19.9. The van der Waals surface area contributed by atoms with Gasteiger partial charge in [-0.05, 0) is 70.2 Å². The minimum Gasteiger partial charge on any atom is -0.324 e.